The Morgan fingerprint density at radius 3 is 2.13 bits per heavy atom. The van der Waals surface area contributed by atoms with Crippen molar-refractivity contribution in [3.63, 3.8) is 0 Å². The summed E-state index contributed by atoms with van der Waals surface area (Å²) in [5.74, 6) is 0. The van der Waals surface area contributed by atoms with Crippen molar-refractivity contribution >= 4 is 0 Å². The van der Waals surface area contributed by atoms with Crippen molar-refractivity contribution in [2.45, 2.75) is 39.3 Å². The number of nitrogens with zero attached hydrogens (tertiary/aromatic N) is 1. The van der Waals surface area contributed by atoms with Gasteiger partial charge in [0.1, 0.15) is 0 Å². The average Bonchev–Trinajstić information content (AvgIpc) is 2.16. The Hall–Kier alpha value is -1.33. The van der Waals surface area contributed by atoms with E-state index in [-0.39, 0.29) is 5.54 Å². The van der Waals surface area contributed by atoms with Crippen LogP contribution < -0.4 is 5.32 Å². The van der Waals surface area contributed by atoms with Crippen LogP contribution in [0.1, 0.15) is 38.8 Å². The smallest absolute Gasteiger partial charge is 0.0991 e. The number of rotatable bonds is 3. The van der Waals surface area contributed by atoms with Gasteiger partial charge in [0.2, 0.25) is 0 Å². The van der Waals surface area contributed by atoms with E-state index in [1.807, 2.05) is 24.3 Å². The molecule has 0 aliphatic rings. The highest BCUT2D eigenvalue weighted by atomic mass is 15.0. The molecule has 0 bridgehead atoms. The lowest BCUT2D eigenvalue weighted by Gasteiger charge is -2.29. The van der Waals surface area contributed by atoms with Gasteiger partial charge < -0.3 is 5.32 Å². The molecule has 0 spiro atoms. The highest BCUT2D eigenvalue weighted by Gasteiger charge is 2.20. The molecule has 0 aliphatic carbocycles. The Kier molecular flexibility index (Phi) is 3.49. The second-order valence-electron chi connectivity index (χ2n) is 4.61. The van der Waals surface area contributed by atoms with Crippen molar-refractivity contribution in [2.75, 3.05) is 0 Å². The molecule has 0 atom stereocenters. The van der Waals surface area contributed by atoms with Gasteiger partial charge >= 0.3 is 0 Å². The van der Waals surface area contributed by atoms with E-state index in [2.05, 4.69) is 39.1 Å². The van der Waals surface area contributed by atoms with Gasteiger partial charge in [0.05, 0.1) is 11.6 Å². The maximum atomic E-state index is 8.71. The fourth-order valence-corrected chi connectivity index (χ4v) is 1.77. The van der Waals surface area contributed by atoms with E-state index >= 15 is 0 Å². The monoisotopic (exact) mass is 202 g/mol. The first-order valence-corrected chi connectivity index (χ1v) is 5.24. The predicted molar refractivity (Wildman–Crippen MR) is 62.5 cm³/mol. The standard InChI is InChI=1S/C13H18N2/c1-10(2)15-13(3,4)12-7-5-11(9-14)6-8-12/h5-8,10,15H,1-4H3. The van der Waals surface area contributed by atoms with Gasteiger partial charge in [0.15, 0.2) is 0 Å². The summed E-state index contributed by atoms with van der Waals surface area (Å²) in [6, 6.07) is 10.3. The first kappa shape index (κ1) is 11.7. The lowest BCUT2D eigenvalue weighted by Crippen LogP contribution is -2.40. The topological polar surface area (TPSA) is 35.8 Å². The summed E-state index contributed by atoms with van der Waals surface area (Å²) in [5.41, 5.74) is 1.86. The van der Waals surface area contributed by atoms with Crippen LogP contribution in [0.25, 0.3) is 0 Å². The highest BCUT2D eigenvalue weighted by Crippen LogP contribution is 2.20. The number of hydrogen-bond donors (Lipinski definition) is 1. The van der Waals surface area contributed by atoms with Crippen LogP contribution in [-0.2, 0) is 5.54 Å². The molecule has 1 aromatic rings. The third-order valence-electron chi connectivity index (χ3n) is 2.39. The van der Waals surface area contributed by atoms with Crippen LogP contribution in [0.3, 0.4) is 0 Å². The Morgan fingerprint density at radius 2 is 1.73 bits per heavy atom. The van der Waals surface area contributed by atoms with Crippen molar-refractivity contribution in [1.82, 2.24) is 5.32 Å². The molecule has 0 radical (unpaired) electrons. The molecule has 0 aromatic heterocycles. The van der Waals surface area contributed by atoms with Crippen molar-refractivity contribution in [3.05, 3.63) is 35.4 Å². The Balaban J connectivity index is 2.91. The summed E-state index contributed by atoms with van der Waals surface area (Å²) in [7, 11) is 0. The van der Waals surface area contributed by atoms with E-state index in [1.54, 1.807) is 0 Å². The number of hydrogen-bond acceptors (Lipinski definition) is 2. The quantitative estimate of drug-likeness (QED) is 0.818. The van der Waals surface area contributed by atoms with E-state index in [9.17, 15) is 0 Å². The van der Waals surface area contributed by atoms with E-state index in [0.29, 0.717) is 11.6 Å². The van der Waals surface area contributed by atoms with Gasteiger partial charge in [0.25, 0.3) is 0 Å². The van der Waals surface area contributed by atoms with Gasteiger partial charge in [0, 0.05) is 11.6 Å². The van der Waals surface area contributed by atoms with Gasteiger partial charge in [-0.1, -0.05) is 26.0 Å². The largest absolute Gasteiger partial charge is 0.306 e. The normalized spacial score (nSPS) is 11.5. The SMILES string of the molecule is CC(C)NC(C)(C)c1ccc(C#N)cc1. The van der Waals surface area contributed by atoms with Crippen LogP contribution in [-0.4, -0.2) is 6.04 Å². The Morgan fingerprint density at radius 1 is 1.20 bits per heavy atom. The summed E-state index contributed by atoms with van der Waals surface area (Å²) in [4.78, 5) is 0. The molecule has 0 saturated heterocycles. The molecule has 1 aromatic carbocycles. The highest BCUT2D eigenvalue weighted by molar-refractivity contribution is 5.34. The zero-order valence-corrected chi connectivity index (χ0v) is 9.83. The van der Waals surface area contributed by atoms with Gasteiger partial charge in [-0.25, -0.2) is 0 Å². The van der Waals surface area contributed by atoms with Crippen molar-refractivity contribution < 1.29 is 0 Å². The first-order chi connectivity index (χ1) is 6.95. The zero-order valence-electron chi connectivity index (χ0n) is 9.83. The Labute approximate surface area is 91.9 Å². The van der Waals surface area contributed by atoms with Gasteiger partial charge in [-0.2, -0.15) is 5.26 Å². The Bertz CT molecular complexity index is 355. The molecule has 0 saturated carbocycles. The maximum absolute atomic E-state index is 8.71. The van der Waals surface area contributed by atoms with Crippen LogP contribution in [0, 0.1) is 11.3 Å². The predicted octanol–water partition coefficient (Wildman–Crippen LogP) is 2.79. The third-order valence-corrected chi connectivity index (χ3v) is 2.39. The van der Waals surface area contributed by atoms with Crippen LogP contribution in [0.4, 0.5) is 0 Å². The molecule has 0 amide bonds. The summed E-state index contributed by atoms with van der Waals surface area (Å²) in [6.45, 7) is 8.56. The van der Waals surface area contributed by atoms with Crippen LogP contribution in [0.15, 0.2) is 24.3 Å². The lowest BCUT2D eigenvalue weighted by atomic mass is 9.93. The molecule has 80 valence electrons. The molecule has 0 heterocycles. The zero-order chi connectivity index (χ0) is 11.5. The van der Waals surface area contributed by atoms with Gasteiger partial charge in [-0.3, -0.25) is 0 Å². The van der Waals surface area contributed by atoms with Gasteiger partial charge in [-0.15, -0.1) is 0 Å². The fraction of sp³-hybridized carbons (Fsp3) is 0.462. The molecule has 2 heteroatoms. The maximum Gasteiger partial charge on any atom is 0.0991 e. The molecule has 0 fully saturated rings. The van der Waals surface area contributed by atoms with Crippen molar-refractivity contribution in [1.29, 1.82) is 5.26 Å². The molecule has 1 rings (SSSR count). The third kappa shape index (κ3) is 3.07. The summed E-state index contributed by atoms with van der Waals surface area (Å²) in [5, 5.41) is 12.2. The molecule has 1 N–H and O–H groups in total. The summed E-state index contributed by atoms with van der Waals surface area (Å²) >= 11 is 0. The second kappa shape index (κ2) is 4.46. The molecule has 15 heavy (non-hydrogen) atoms. The number of nitriles is 1. The molecular formula is C13H18N2. The van der Waals surface area contributed by atoms with E-state index in [4.69, 9.17) is 5.26 Å². The first-order valence-electron chi connectivity index (χ1n) is 5.24. The van der Waals surface area contributed by atoms with Crippen LogP contribution >= 0.6 is 0 Å². The minimum atomic E-state index is -0.0534. The minimum absolute atomic E-state index is 0.0534. The fourth-order valence-electron chi connectivity index (χ4n) is 1.77. The average molecular weight is 202 g/mol. The number of benzene rings is 1. The van der Waals surface area contributed by atoms with E-state index < -0.39 is 0 Å². The minimum Gasteiger partial charge on any atom is -0.306 e. The van der Waals surface area contributed by atoms with Crippen molar-refractivity contribution in [3.8, 4) is 6.07 Å². The van der Waals surface area contributed by atoms with Gasteiger partial charge in [-0.05, 0) is 31.5 Å². The molecular weight excluding hydrogens is 184 g/mol. The van der Waals surface area contributed by atoms with Crippen molar-refractivity contribution in [2.24, 2.45) is 0 Å². The van der Waals surface area contributed by atoms with E-state index in [1.165, 1.54) is 5.56 Å². The van der Waals surface area contributed by atoms with E-state index in [0.717, 1.165) is 0 Å². The molecule has 2 nitrogen and oxygen atoms in total. The lowest BCUT2D eigenvalue weighted by molar-refractivity contribution is 0.365. The summed E-state index contributed by atoms with van der Waals surface area (Å²) in [6.07, 6.45) is 0. The van der Waals surface area contributed by atoms with Crippen LogP contribution in [0.5, 0.6) is 0 Å². The molecule has 0 aliphatic heterocycles. The second-order valence-corrected chi connectivity index (χ2v) is 4.61. The number of nitrogens with one attached hydrogen (secondary N) is 1. The molecule has 0 unspecified atom stereocenters. The van der Waals surface area contributed by atoms with Crippen LogP contribution in [0.2, 0.25) is 0 Å². The summed E-state index contributed by atoms with van der Waals surface area (Å²) < 4.78 is 0.